The highest BCUT2D eigenvalue weighted by Gasteiger charge is 2.27. The molecule has 0 fully saturated rings. The summed E-state index contributed by atoms with van der Waals surface area (Å²) in [5.41, 5.74) is 2.11. The number of aryl methyl sites for hydroxylation is 1. The number of carbonyl (C=O) groups excluding carboxylic acids is 3. The first-order chi connectivity index (χ1) is 16.2. The predicted octanol–water partition coefficient (Wildman–Crippen LogP) is 6.19. The standard InChI is InChI=1S/C25H29N3O5S/c1-5-32-22(29)20-17-8-6-7-9-19(17)34-21(20)27-23(30)26-16-10-11-18-15(14-16)12-13-28(18)24(31)33-25(2,3)4/h10-14H,5-9H2,1-4H3,(H2,26,27,30). The molecule has 0 saturated heterocycles. The second kappa shape index (κ2) is 9.50. The highest BCUT2D eigenvalue weighted by molar-refractivity contribution is 7.17. The van der Waals surface area contributed by atoms with E-state index < -0.39 is 23.7 Å². The maximum atomic E-state index is 12.8. The number of fused-ring (bicyclic) bond motifs is 2. The topological polar surface area (TPSA) is 98.7 Å². The minimum absolute atomic E-state index is 0.276. The van der Waals surface area contributed by atoms with Crippen LogP contribution in [0.2, 0.25) is 0 Å². The molecule has 0 saturated carbocycles. The summed E-state index contributed by atoms with van der Waals surface area (Å²) in [6.07, 6.45) is 4.99. The van der Waals surface area contributed by atoms with Gasteiger partial charge in [0.2, 0.25) is 0 Å². The van der Waals surface area contributed by atoms with E-state index in [1.807, 2.05) is 20.8 Å². The number of benzene rings is 1. The number of hydrogen-bond donors (Lipinski definition) is 2. The van der Waals surface area contributed by atoms with Gasteiger partial charge in [-0.2, -0.15) is 0 Å². The van der Waals surface area contributed by atoms with Crippen molar-refractivity contribution < 1.29 is 23.9 Å². The first kappa shape index (κ1) is 23.8. The van der Waals surface area contributed by atoms with Crippen LogP contribution in [0.3, 0.4) is 0 Å². The predicted molar refractivity (Wildman–Crippen MR) is 133 cm³/mol. The number of hydrogen-bond acceptors (Lipinski definition) is 6. The number of nitrogens with one attached hydrogen (secondary N) is 2. The summed E-state index contributed by atoms with van der Waals surface area (Å²) in [5, 5.41) is 6.95. The largest absolute Gasteiger partial charge is 0.462 e. The zero-order valence-corrected chi connectivity index (χ0v) is 20.6. The first-order valence-electron chi connectivity index (χ1n) is 11.4. The van der Waals surface area contributed by atoms with Crippen LogP contribution in [0.4, 0.5) is 20.3 Å². The molecule has 8 nitrogen and oxygen atoms in total. The molecule has 1 aromatic carbocycles. The SMILES string of the molecule is CCOC(=O)c1c(NC(=O)Nc2ccc3c(ccn3C(=O)OC(C)(C)C)c2)sc2c1CCCC2. The van der Waals surface area contributed by atoms with Crippen LogP contribution in [-0.4, -0.2) is 34.9 Å². The minimum atomic E-state index is -0.601. The molecule has 0 radical (unpaired) electrons. The second-order valence-corrected chi connectivity index (χ2v) is 10.3. The molecule has 0 unspecified atom stereocenters. The summed E-state index contributed by atoms with van der Waals surface area (Å²) in [5.74, 6) is -0.401. The molecule has 2 amide bonds. The van der Waals surface area contributed by atoms with Gasteiger partial charge in [-0.3, -0.25) is 9.88 Å². The summed E-state index contributed by atoms with van der Waals surface area (Å²) >= 11 is 1.44. The van der Waals surface area contributed by atoms with Crippen LogP contribution >= 0.6 is 11.3 Å². The Labute approximate surface area is 202 Å². The van der Waals surface area contributed by atoms with Crippen LogP contribution in [0.1, 0.15) is 61.3 Å². The zero-order chi connectivity index (χ0) is 24.5. The molecule has 4 rings (SSSR count). The monoisotopic (exact) mass is 483 g/mol. The Bertz CT molecular complexity index is 1250. The number of urea groups is 1. The molecule has 0 atom stereocenters. The van der Waals surface area contributed by atoms with Gasteiger partial charge in [0.15, 0.2) is 0 Å². The van der Waals surface area contributed by atoms with Gasteiger partial charge in [-0.1, -0.05) is 0 Å². The molecule has 0 bridgehead atoms. The maximum Gasteiger partial charge on any atom is 0.418 e. The van der Waals surface area contributed by atoms with Gasteiger partial charge in [0.1, 0.15) is 10.6 Å². The second-order valence-electron chi connectivity index (χ2n) is 9.15. The molecule has 2 aromatic heterocycles. The number of thiophene rings is 1. The van der Waals surface area contributed by atoms with Gasteiger partial charge in [0, 0.05) is 22.1 Å². The zero-order valence-electron chi connectivity index (χ0n) is 19.8. The lowest BCUT2D eigenvalue weighted by Crippen LogP contribution is -2.26. The molecule has 180 valence electrons. The number of anilines is 2. The lowest BCUT2D eigenvalue weighted by Gasteiger charge is -2.19. The van der Waals surface area contributed by atoms with Gasteiger partial charge in [0.05, 0.1) is 17.7 Å². The number of amides is 2. The molecule has 0 spiro atoms. The Balaban J connectivity index is 1.51. The average molecular weight is 484 g/mol. The third kappa shape index (κ3) is 5.09. The van der Waals surface area contributed by atoms with Crippen molar-refractivity contribution in [2.24, 2.45) is 0 Å². The highest BCUT2D eigenvalue weighted by Crippen LogP contribution is 2.38. The number of nitrogens with zero attached hydrogens (tertiary/aromatic N) is 1. The fraction of sp³-hybridized carbons (Fsp3) is 0.400. The van der Waals surface area contributed by atoms with E-state index in [0.29, 0.717) is 21.8 Å². The summed E-state index contributed by atoms with van der Waals surface area (Å²) < 4.78 is 12.1. The quantitative estimate of drug-likeness (QED) is 0.432. The number of carbonyl (C=O) groups is 3. The van der Waals surface area contributed by atoms with Crippen LogP contribution < -0.4 is 10.6 Å². The summed E-state index contributed by atoms with van der Waals surface area (Å²) in [7, 11) is 0. The maximum absolute atomic E-state index is 12.8. The molecular formula is C25H29N3O5S. The van der Waals surface area contributed by atoms with Crippen molar-refractivity contribution in [3.8, 4) is 0 Å². The van der Waals surface area contributed by atoms with Gasteiger partial charge >= 0.3 is 18.1 Å². The third-order valence-electron chi connectivity index (χ3n) is 5.42. The Morgan fingerprint density at radius 2 is 1.85 bits per heavy atom. The van der Waals surface area contributed by atoms with Gasteiger partial charge < -0.3 is 14.8 Å². The van der Waals surface area contributed by atoms with Crippen LogP contribution in [0, 0.1) is 0 Å². The average Bonchev–Trinajstić information content (AvgIpc) is 3.33. The van der Waals surface area contributed by atoms with Crippen molar-refractivity contribution in [1.82, 2.24) is 4.57 Å². The van der Waals surface area contributed by atoms with E-state index >= 15 is 0 Å². The van der Waals surface area contributed by atoms with E-state index in [0.717, 1.165) is 41.5 Å². The van der Waals surface area contributed by atoms with Gasteiger partial charge in [-0.25, -0.2) is 14.4 Å². The van der Waals surface area contributed by atoms with E-state index in [-0.39, 0.29) is 6.61 Å². The summed E-state index contributed by atoms with van der Waals surface area (Å²) in [6.45, 7) is 7.48. The van der Waals surface area contributed by atoms with E-state index in [2.05, 4.69) is 10.6 Å². The Morgan fingerprint density at radius 1 is 1.09 bits per heavy atom. The number of aromatic nitrogens is 1. The van der Waals surface area contributed by atoms with Crippen molar-refractivity contribution in [2.75, 3.05) is 17.2 Å². The molecule has 2 heterocycles. The third-order valence-corrected chi connectivity index (χ3v) is 6.62. The molecular weight excluding hydrogens is 454 g/mol. The van der Waals surface area contributed by atoms with Crippen molar-refractivity contribution in [3.63, 3.8) is 0 Å². The van der Waals surface area contributed by atoms with Crippen LogP contribution in [0.25, 0.3) is 10.9 Å². The molecule has 1 aliphatic rings. The highest BCUT2D eigenvalue weighted by atomic mass is 32.1. The Morgan fingerprint density at radius 3 is 2.59 bits per heavy atom. The van der Waals surface area contributed by atoms with Crippen LogP contribution in [0.5, 0.6) is 0 Å². The van der Waals surface area contributed by atoms with E-state index in [4.69, 9.17) is 9.47 Å². The molecule has 34 heavy (non-hydrogen) atoms. The Hall–Kier alpha value is -3.33. The Kier molecular flexibility index (Phi) is 6.65. The van der Waals surface area contributed by atoms with Gasteiger partial charge in [0.25, 0.3) is 0 Å². The number of rotatable bonds is 4. The normalized spacial score (nSPS) is 13.3. The lowest BCUT2D eigenvalue weighted by molar-refractivity contribution is 0.0521. The number of esters is 1. The van der Waals surface area contributed by atoms with Gasteiger partial charge in [-0.05, 0) is 83.2 Å². The lowest BCUT2D eigenvalue weighted by atomic mass is 9.95. The van der Waals surface area contributed by atoms with Crippen molar-refractivity contribution >= 4 is 51.0 Å². The van der Waals surface area contributed by atoms with E-state index in [1.54, 1.807) is 37.4 Å². The van der Waals surface area contributed by atoms with Crippen molar-refractivity contribution in [1.29, 1.82) is 0 Å². The first-order valence-corrected chi connectivity index (χ1v) is 12.2. The van der Waals surface area contributed by atoms with Crippen molar-refractivity contribution in [3.05, 3.63) is 46.5 Å². The molecule has 3 aromatic rings. The molecule has 2 N–H and O–H groups in total. The molecule has 0 aliphatic heterocycles. The molecule has 1 aliphatic carbocycles. The smallest absolute Gasteiger partial charge is 0.418 e. The fourth-order valence-corrected chi connectivity index (χ4v) is 5.30. The number of ether oxygens (including phenoxy) is 2. The van der Waals surface area contributed by atoms with E-state index in [1.165, 1.54) is 15.9 Å². The van der Waals surface area contributed by atoms with E-state index in [9.17, 15) is 14.4 Å². The van der Waals surface area contributed by atoms with Crippen molar-refractivity contribution in [2.45, 2.75) is 59.0 Å². The fourth-order valence-electron chi connectivity index (χ4n) is 4.03. The summed E-state index contributed by atoms with van der Waals surface area (Å²) in [4.78, 5) is 39.0. The van der Waals surface area contributed by atoms with Crippen LogP contribution in [-0.2, 0) is 22.3 Å². The van der Waals surface area contributed by atoms with Gasteiger partial charge in [-0.15, -0.1) is 11.3 Å². The summed E-state index contributed by atoms with van der Waals surface area (Å²) in [6, 6.07) is 6.59. The minimum Gasteiger partial charge on any atom is -0.462 e. The van der Waals surface area contributed by atoms with Crippen LogP contribution in [0.15, 0.2) is 30.5 Å². The molecule has 9 heteroatoms.